The number of hydrogen-bond acceptors (Lipinski definition) is 4. The Balaban J connectivity index is 2.42. The number of aliphatic hydroxyl groups is 2. The molecule has 0 spiro atoms. The third-order valence-corrected chi connectivity index (χ3v) is 3.15. The van der Waals surface area contributed by atoms with Crippen molar-refractivity contribution in [3.8, 4) is 0 Å². The summed E-state index contributed by atoms with van der Waals surface area (Å²) in [6.45, 7) is 1.51. The van der Waals surface area contributed by atoms with E-state index in [-0.39, 0.29) is 19.1 Å². The first-order valence-electron chi connectivity index (χ1n) is 5.27. The Hall–Kier alpha value is -0.650. The minimum Gasteiger partial charge on any atom is -0.393 e. The highest BCUT2D eigenvalue weighted by molar-refractivity contribution is 5.83. The number of carbonyl (C=O) groups is 1. The van der Waals surface area contributed by atoms with Crippen LogP contribution < -0.4 is 11.1 Å². The summed E-state index contributed by atoms with van der Waals surface area (Å²) in [7, 11) is 0. The second-order valence-corrected chi connectivity index (χ2v) is 4.68. The quantitative estimate of drug-likeness (QED) is 0.473. The van der Waals surface area contributed by atoms with Gasteiger partial charge in [0.15, 0.2) is 0 Å². The van der Waals surface area contributed by atoms with Crippen molar-refractivity contribution < 1.29 is 15.0 Å². The molecule has 0 aromatic carbocycles. The highest BCUT2D eigenvalue weighted by Gasteiger charge is 2.43. The van der Waals surface area contributed by atoms with Crippen molar-refractivity contribution in [2.24, 2.45) is 11.1 Å². The van der Waals surface area contributed by atoms with E-state index in [4.69, 9.17) is 10.8 Å². The van der Waals surface area contributed by atoms with E-state index in [1.807, 2.05) is 0 Å². The fraction of sp³-hybridized carbons (Fsp3) is 0.900. The molecule has 15 heavy (non-hydrogen) atoms. The fourth-order valence-electron chi connectivity index (χ4n) is 1.64. The first kappa shape index (κ1) is 12.4. The molecule has 0 bridgehead atoms. The van der Waals surface area contributed by atoms with Crippen molar-refractivity contribution in [3.63, 3.8) is 0 Å². The summed E-state index contributed by atoms with van der Waals surface area (Å²) in [6, 6.07) is 0. The third kappa shape index (κ3) is 2.68. The number of aliphatic hydroxyl groups excluding tert-OH is 1. The lowest BCUT2D eigenvalue weighted by molar-refractivity contribution is -0.136. The van der Waals surface area contributed by atoms with Gasteiger partial charge in [-0.1, -0.05) is 6.42 Å². The summed E-state index contributed by atoms with van der Waals surface area (Å²) < 4.78 is 0. The van der Waals surface area contributed by atoms with E-state index in [1.54, 1.807) is 0 Å². The molecule has 5 nitrogen and oxygen atoms in total. The number of amides is 1. The van der Waals surface area contributed by atoms with Gasteiger partial charge in [0.1, 0.15) is 5.60 Å². The molecule has 1 atom stereocenters. The van der Waals surface area contributed by atoms with Crippen molar-refractivity contribution >= 4 is 5.91 Å². The smallest absolute Gasteiger partial charge is 0.227 e. The monoisotopic (exact) mass is 216 g/mol. The zero-order valence-corrected chi connectivity index (χ0v) is 9.12. The number of rotatable bonds is 5. The minimum absolute atomic E-state index is 0.0596. The van der Waals surface area contributed by atoms with Crippen LogP contribution in [0, 0.1) is 5.41 Å². The van der Waals surface area contributed by atoms with Crippen LogP contribution in [0.25, 0.3) is 0 Å². The molecule has 0 radical (unpaired) electrons. The van der Waals surface area contributed by atoms with Gasteiger partial charge in [-0.2, -0.15) is 0 Å². The van der Waals surface area contributed by atoms with Crippen molar-refractivity contribution in [2.45, 2.75) is 31.8 Å². The molecule has 1 rings (SSSR count). The Morgan fingerprint density at radius 3 is 2.53 bits per heavy atom. The fourth-order valence-corrected chi connectivity index (χ4v) is 1.64. The van der Waals surface area contributed by atoms with Gasteiger partial charge in [0, 0.05) is 13.1 Å². The molecule has 1 fully saturated rings. The molecule has 0 heterocycles. The third-order valence-electron chi connectivity index (χ3n) is 3.15. The summed E-state index contributed by atoms with van der Waals surface area (Å²) in [5.74, 6) is -0.107. The van der Waals surface area contributed by atoms with Crippen LogP contribution in [0.5, 0.6) is 0 Å². The zero-order valence-electron chi connectivity index (χ0n) is 9.12. The molecule has 1 unspecified atom stereocenters. The summed E-state index contributed by atoms with van der Waals surface area (Å²) >= 11 is 0. The largest absolute Gasteiger partial charge is 0.393 e. The van der Waals surface area contributed by atoms with Crippen molar-refractivity contribution in [1.29, 1.82) is 0 Å². The molecule has 0 aromatic heterocycles. The Morgan fingerprint density at radius 2 is 2.20 bits per heavy atom. The van der Waals surface area contributed by atoms with Crippen molar-refractivity contribution in [1.82, 2.24) is 5.32 Å². The van der Waals surface area contributed by atoms with E-state index in [0.29, 0.717) is 6.54 Å². The number of nitrogens with two attached hydrogens (primary N) is 1. The average molecular weight is 216 g/mol. The second kappa shape index (κ2) is 4.47. The van der Waals surface area contributed by atoms with E-state index < -0.39 is 11.0 Å². The maximum atomic E-state index is 11.8. The number of carbonyl (C=O) groups excluding carboxylic acids is 1. The number of nitrogens with one attached hydrogen (secondary N) is 1. The molecule has 88 valence electrons. The van der Waals surface area contributed by atoms with E-state index in [0.717, 1.165) is 19.3 Å². The molecule has 5 heteroatoms. The molecule has 1 amide bonds. The van der Waals surface area contributed by atoms with Crippen LogP contribution >= 0.6 is 0 Å². The summed E-state index contributed by atoms with van der Waals surface area (Å²) in [4.78, 5) is 11.8. The first-order valence-corrected chi connectivity index (χ1v) is 5.27. The minimum atomic E-state index is -1.25. The zero-order chi connectivity index (χ0) is 11.5. The molecule has 1 aliphatic carbocycles. The molecule has 5 N–H and O–H groups in total. The molecule has 0 aromatic rings. The Kier molecular flexibility index (Phi) is 3.70. The highest BCUT2D eigenvalue weighted by atomic mass is 16.3. The SMILES string of the molecule is CC(O)(CO)CNC(=O)C1(CN)CCC1. The van der Waals surface area contributed by atoms with Crippen LogP contribution in [-0.2, 0) is 4.79 Å². The van der Waals surface area contributed by atoms with Gasteiger partial charge >= 0.3 is 0 Å². The van der Waals surface area contributed by atoms with Gasteiger partial charge in [-0.25, -0.2) is 0 Å². The Morgan fingerprint density at radius 1 is 1.60 bits per heavy atom. The maximum absolute atomic E-state index is 11.8. The van der Waals surface area contributed by atoms with E-state index >= 15 is 0 Å². The standard InChI is InChI=1S/C10H20N2O3/c1-9(15,7-13)6-12-8(14)10(5-11)3-2-4-10/h13,15H,2-7,11H2,1H3,(H,12,14). The van der Waals surface area contributed by atoms with Gasteiger partial charge in [0.2, 0.25) is 5.91 Å². The Bertz CT molecular complexity index is 231. The van der Waals surface area contributed by atoms with Gasteiger partial charge in [-0.3, -0.25) is 4.79 Å². The summed E-state index contributed by atoms with van der Waals surface area (Å²) in [5.41, 5.74) is 3.89. The van der Waals surface area contributed by atoms with Crippen LogP contribution in [0.2, 0.25) is 0 Å². The van der Waals surface area contributed by atoms with Gasteiger partial charge in [0.25, 0.3) is 0 Å². The van der Waals surface area contributed by atoms with E-state index in [9.17, 15) is 9.90 Å². The lowest BCUT2D eigenvalue weighted by Crippen LogP contribution is -2.53. The molecule has 1 aliphatic rings. The summed E-state index contributed by atoms with van der Waals surface area (Å²) in [6.07, 6.45) is 2.66. The van der Waals surface area contributed by atoms with Gasteiger partial charge in [-0.05, 0) is 19.8 Å². The first-order chi connectivity index (χ1) is 6.96. The van der Waals surface area contributed by atoms with Gasteiger partial charge < -0.3 is 21.3 Å². The normalized spacial score (nSPS) is 22.7. The van der Waals surface area contributed by atoms with Gasteiger partial charge in [0.05, 0.1) is 12.0 Å². The second-order valence-electron chi connectivity index (χ2n) is 4.68. The molecule has 0 aliphatic heterocycles. The topological polar surface area (TPSA) is 95.6 Å². The van der Waals surface area contributed by atoms with Gasteiger partial charge in [-0.15, -0.1) is 0 Å². The highest BCUT2D eigenvalue weighted by Crippen LogP contribution is 2.39. The van der Waals surface area contributed by atoms with E-state index in [2.05, 4.69) is 5.32 Å². The van der Waals surface area contributed by atoms with Crippen LogP contribution in [0.1, 0.15) is 26.2 Å². The Labute approximate surface area is 89.7 Å². The lowest BCUT2D eigenvalue weighted by Gasteiger charge is -2.39. The number of hydrogen-bond donors (Lipinski definition) is 4. The van der Waals surface area contributed by atoms with E-state index in [1.165, 1.54) is 6.92 Å². The van der Waals surface area contributed by atoms with Crippen LogP contribution in [0.15, 0.2) is 0 Å². The average Bonchev–Trinajstić information content (AvgIpc) is 2.14. The van der Waals surface area contributed by atoms with Crippen molar-refractivity contribution in [2.75, 3.05) is 19.7 Å². The van der Waals surface area contributed by atoms with Crippen LogP contribution in [0.3, 0.4) is 0 Å². The molecular weight excluding hydrogens is 196 g/mol. The summed E-state index contributed by atoms with van der Waals surface area (Å²) in [5, 5.41) is 21.0. The molecule has 1 saturated carbocycles. The van der Waals surface area contributed by atoms with Crippen molar-refractivity contribution in [3.05, 3.63) is 0 Å². The van der Waals surface area contributed by atoms with Crippen LogP contribution in [-0.4, -0.2) is 41.4 Å². The predicted molar refractivity (Wildman–Crippen MR) is 56.1 cm³/mol. The maximum Gasteiger partial charge on any atom is 0.227 e. The van der Waals surface area contributed by atoms with Crippen LogP contribution in [0.4, 0.5) is 0 Å². The predicted octanol–water partition coefficient (Wildman–Crippen LogP) is -1.03. The lowest BCUT2D eigenvalue weighted by atomic mass is 9.68. The molecule has 0 saturated heterocycles. The molecular formula is C10H20N2O3.